The molecule has 0 aromatic carbocycles. The first kappa shape index (κ1) is 8.64. The van der Waals surface area contributed by atoms with Gasteiger partial charge in [0.1, 0.15) is 5.69 Å². The maximum Gasteiger partial charge on any atom is 0.232 e. The minimum atomic E-state index is -0.107. The predicted octanol–water partition coefficient (Wildman–Crippen LogP) is 1.08. The number of hydrogen-bond acceptors (Lipinski definition) is 4. The summed E-state index contributed by atoms with van der Waals surface area (Å²) in [5.41, 5.74) is 0.334. The van der Waals surface area contributed by atoms with Crippen LogP contribution in [0.3, 0.4) is 0 Å². The molecule has 4 nitrogen and oxygen atoms in total. The molecule has 0 amide bonds. The highest BCUT2D eigenvalue weighted by Crippen LogP contribution is 2.04. The third-order valence-corrected chi connectivity index (χ3v) is 1.27. The number of ether oxygens (including phenoxy) is 1. The fraction of sp³-hybridized carbons (Fsp3) is 0.375. The van der Waals surface area contributed by atoms with Crippen molar-refractivity contribution >= 4 is 5.78 Å². The van der Waals surface area contributed by atoms with Crippen LogP contribution in [0.4, 0.5) is 0 Å². The molecule has 64 valence electrons. The van der Waals surface area contributed by atoms with Gasteiger partial charge in [0.15, 0.2) is 5.78 Å². The summed E-state index contributed by atoms with van der Waals surface area (Å²) in [4.78, 5) is 18.6. The molecule has 1 aromatic heterocycles. The summed E-state index contributed by atoms with van der Waals surface area (Å²) in [6.45, 7) is 3.82. The van der Waals surface area contributed by atoms with Crippen LogP contribution in [0.2, 0.25) is 0 Å². The zero-order valence-corrected chi connectivity index (χ0v) is 7.07. The number of Topliss-reactive ketones (excluding diaryl/α,β-unsaturated/α-hetero) is 1. The number of hydrogen-bond donors (Lipinski definition) is 0. The van der Waals surface area contributed by atoms with Crippen molar-refractivity contribution in [3.05, 3.63) is 18.1 Å². The van der Waals surface area contributed by atoms with E-state index in [9.17, 15) is 4.79 Å². The van der Waals surface area contributed by atoms with Crippen LogP contribution in [-0.4, -0.2) is 22.4 Å². The lowest BCUT2D eigenvalue weighted by molar-refractivity contribution is 0.101. The lowest BCUT2D eigenvalue weighted by atomic mass is 10.3. The fourth-order valence-corrected chi connectivity index (χ4v) is 0.735. The Morgan fingerprint density at radius 1 is 1.58 bits per heavy atom. The topological polar surface area (TPSA) is 52.1 Å². The van der Waals surface area contributed by atoms with Crippen molar-refractivity contribution in [1.82, 2.24) is 9.97 Å². The van der Waals surface area contributed by atoms with Crippen LogP contribution in [0.1, 0.15) is 24.3 Å². The normalized spacial score (nSPS) is 9.50. The van der Waals surface area contributed by atoms with Gasteiger partial charge in [-0.05, 0) is 6.92 Å². The average Bonchev–Trinajstić information content (AvgIpc) is 2.05. The monoisotopic (exact) mass is 166 g/mol. The number of nitrogens with zero attached hydrogens (tertiary/aromatic N) is 2. The molecule has 0 saturated carbocycles. The van der Waals surface area contributed by atoms with E-state index in [1.54, 1.807) is 0 Å². The van der Waals surface area contributed by atoms with E-state index in [4.69, 9.17) is 4.74 Å². The molecule has 0 bridgehead atoms. The van der Waals surface area contributed by atoms with Crippen LogP contribution in [0, 0.1) is 0 Å². The quantitative estimate of drug-likeness (QED) is 0.630. The molecule has 1 rings (SSSR count). The van der Waals surface area contributed by atoms with Crippen LogP contribution >= 0.6 is 0 Å². The summed E-state index contributed by atoms with van der Waals surface area (Å²) in [6.07, 6.45) is 2.90. The summed E-state index contributed by atoms with van der Waals surface area (Å²) in [5.74, 6) is 0.286. The third-order valence-electron chi connectivity index (χ3n) is 1.27. The van der Waals surface area contributed by atoms with Crippen molar-refractivity contribution in [2.24, 2.45) is 0 Å². The van der Waals surface area contributed by atoms with Crippen LogP contribution in [-0.2, 0) is 0 Å². The average molecular weight is 166 g/mol. The molecule has 0 saturated heterocycles. The highest BCUT2D eigenvalue weighted by molar-refractivity contribution is 5.91. The Labute approximate surface area is 70.6 Å². The van der Waals surface area contributed by atoms with Gasteiger partial charge in [-0.1, -0.05) is 0 Å². The second-order valence-electron chi connectivity index (χ2n) is 2.23. The first-order valence-electron chi connectivity index (χ1n) is 3.69. The second kappa shape index (κ2) is 3.80. The number of rotatable bonds is 3. The van der Waals surface area contributed by atoms with Crippen LogP contribution in [0.15, 0.2) is 12.4 Å². The molecule has 0 radical (unpaired) electrons. The zero-order valence-electron chi connectivity index (χ0n) is 7.07. The number of aromatic nitrogens is 2. The highest BCUT2D eigenvalue weighted by atomic mass is 16.5. The summed E-state index contributed by atoms with van der Waals surface area (Å²) in [5, 5.41) is 0. The Morgan fingerprint density at radius 3 is 2.92 bits per heavy atom. The summed E-state index contributed by atoms with van der Waals surface area (Å²) < 4.78 is 5.07. The SMILES string of the molecule is CCOc1cncc(C(C)=O)n1. The van der Waals surface area contributed by atoms with Crippen LogP contribution in [0.25, 0.3) is 0 Å². The Bertz CT molecular complexity index is 286. The van der Waals surface area contributed by atoms with Gasteiger partial charge in [0.05, 0.1) is 19.0 Å². The van der Waals surface area contributed by atoms with Gasteiger partial charge in [0, 0.05) is 6.92 Å². The molecular weight excluding hydrogens is 156 g/mol. The van der Waals surface area contributed by atoms with Crippen molar-refractivity contribution in [3.63, 3.8) is 0 Å². The molecule has 1 heterocycles. The van der Waals surface area contributed by atoms with Crippen molar-refractivity contribution in [3.8, 4) is 5.88 Å². The molecule has 0 atom stereocenters. The molecule has 0 aliphatic heterocycles. The standard InChI is InChI=1S/C8H10N2O2/c1-3-12-8-5-9-4-7(10-8)6(2)11/h4-5H,3H2,1-2H3. The van der Waals surface area contributed by atoms with Gasteiger partial charge in [-0.25, -0.2) is 4.98 Å². The molecule has 0 aliphatic carbocycles. The number of ketones is 1. The maximum absolute atomic E-state index is 10.8. The van der Waals surface area contributed by atoms with Gasteiger partial charge < -0.3 is 4.74 Å². The lowest BCUT2D eigenvalue weighted by Crippen LogP contribution is -2.01. The maximum atomic E-state index is 10.8. The van der Waals surface area contributed by atoms with Gasteiger partial charge in [0.2, 0.25) is 5.88 Å². The fourth-order valence-electron chi connectivity index (χ4n) is 0.735. The van der Waals surface area contributed by atoms with E-state index in [2.05, 4.69) is 9.97 Å². The second-order valence-corrected chi connectivity index (χ2v) is 2.23. The van der Waals surface area contributed by atoms with Gasteiger partial charge >= 0.3 is 0 Å². The number of carbonyl (C=O) groups is 1. The van der Waals surface area contributed by atoms with E-state index >= 15 is 0 Å². The molecule has 0 fully saturated rings. The molecule has 0 N–H and O–H groups in total. The van der Waals surface area contributed by atoms with Crippen molar-refractivity contribution in [2.45, 2.75) is 13.8 Å². The van der Waals surface area contributed by atoms with E-state index in [0.717, 1.165) is 0 Å². The summed E-state index contributed by atoms with van der Waals surface area (Å²) in [7, 11) is 0. The van der Waals surface area contributed by atoms with Gasteiger partial charge in [-0.15, -0.1) is 0 Å². The van der Waals surface area contributed by atoms with Gasteiger partial charge in [-0.2, -0.15) is 0 Å². The summed E-state index contributed by atoms with van der Waals surface area (Å²) >= 11 is 0. The van der Waals surface area contributed by atoms with Gasteiger partial charge in [0.25, 0.3) is 0 Å². The highest BCUT2D eigenvalue weighted by Gasteiger charge is 2.02. The van der Waals surface area contributed by atoms with Gasteiger partial charge in [-0.3, -0.25) is 9.78 Å². The van der Waals surface area contributed by atoms with E-state index in [-0.39, 0.29) is 5.78 Å². The molecule has 12 heavy (non-hydrogen) atoms. The lowest BCUT2D eigenvalue weighted by Gasteiger charge is -2.00. The van der Waals surface area contributed by atoms with Crippen LogP contribution in [0.5, 0.6) is 5.88 Å². The van der Waals surface area contributed by atoms with E-state index in [0.29, 0.717) is 18.2 Å². The smallest absolute Gasteiger partial charge is 0.232 e. The van der Waals surface area contributed by atoms with Crippen molar-refractivity contribution in [2.75, 3.05) is 6.61 Å². The Hall–Kier alpha value is -1.45. The molecule has 0 spiro atoms. The largest absolute Gasteiger partial charge is 0.477 e. The van der Waals surface area contributed by atoms with E-state index < -0.39 is 0 Å². The molecule has 0 aliphatic rings. The molecule has 4 heteroatoms. The minimum absolute atomic E-state index is 0.107. The molecular formula is C8H10N2O2. The molecule has 1 aromatic rings. The van der Waals surface area contributed by atoms with E-state index in [1.807, 2.05) is 6.92 Å². The minimum Gasteiger partial charge on any atom is -0.477 e. The first-order valence-corrected chi connectivity index (χ1v) is 3.69. The Kier molecular flexibility index (Phi) is 2.74. The first-order chi connectivity index (χ1) is 5.74. The molecule has 0 unspecified atom stereocenters. The van der Waals surface area contributed by atoms with E-state index in [1.165, 1.54) is 19.3 Å². The van der Waals surface area contributed by atoms with Crippen molar-refractivity contribution < 1.29 is 9.53 Å². The Balaban J connectivity index is 2.88. The van der Waals surface area contributed by atoms with Crippen molar-refractivity contribution in [1.29, 1.82) is 0 Å². The predicted molar refractivity (Wildman–Crippen MR) is 43.2 cm³/mol. The summed E-state index contributed by atoms with van der Waals surface area (Å²) in [6, 6.07) is 0. The Morgan fingerprint density at radius 2 is 2.33 bits per heavy atom. The number of carbonyl (C=O) groups excluding carboxylic acids is 1. The zero-order chi connectivity index (χ0) is 8.97. The third kappa shape index (κ3) is 2.02. The van der Waals surface area contributed by atoms with Crippen LogP contribution < -0.4 is 4.74 Å².